The van der Waals surface area contributed by atoms with Crippen LogP contribution in [0.1, 0.15) is 16.3 Å². The summed E-state index contributed by atoms with van der Waals surface area (Å²) in [6.45, 7) is 2.73. The van der Waals surface area contributed by atoms with E-state index in [0.717, 1.165) is 10.6 Å². The molecule has 0 fully saturated rings. The Labute approximate surface area is 180 Å². The zero-order chi connectivity index (χ0) is 21.1. The number of benzene rings is 1. The minimum atomic E-state index is -0.434. The highest BCUT2D eigenvalue weighted by Crippen LogP contribution is 2.22. The molecule has 3 aromatic heterocycles. The van der Waals surface area contributed by atoms with Crippen LogP contribution in [-0.2, 0) is 19.5 Å². The molecule has 12 heteroatoms. The molecule has 1 N–H and O–H groups in total. The summed E-state index contributed by atoms with van der Waals surface area (Å²) in [6, 6.07) is 9.50. The van der Waals surface area contributed by atoms with E-state index in [9.17, 15) is 10.1 Å². The van der Waals surface area contributed by atoms with Gasteiger partial charge in [0.15, 0.2) is 5.82 Å². The molecule has 154 valence electrons. The number of rotatable bonds is 8. The molecule has 4 aromatic rings. The minimum Gasteiger partial charge on any atom is -0.313 e. The standard InChI is InChI=1S/C18H17ClN8O2S/c1-12-15(27(28)29)10-20-26(12)9-7-17-22-23-18(30-17)21-16-6-8-25(24-16)11-13-4-2-3-5-14(13)19/h2-6,8,10H,7,9,11H2,1H3,(H,21,23,24). The fourth-order valence-electron chi connectivity index (χ4n) is 2.88. The number of aromatic nitrogens is 6. The lowest BCUT2D eigenvalue weighted by molar-refractivity contribution is -0.385. The minimum absolute atomic E-state index is 0.0157. The van der Waals surface area contributed by atoms with Gasteiger partial charge in [-0.1, -0.05) is 41.1 Å². The van der Waals surface area contributed by atoms with Crippen LogP contribution >= 0.6 is 22.9 Å². The van der Waals surface area contributed by atoms with Crippen LogP contribution in [0.3, 0.4) is 0 Å². The third kappa shape index (κ3) is 4.47. The highest BCUT2D eigenvalue weighted by molar-refractivity contribution is 7.15. The molecule has 0 spiro atoms. The Kier molecular flexibility index (Phi) is 5.72. The van der Waals surface area contributed by atoms with Crippen LogP contribution in [0.15, 0.2) is 42.7 Å². The predicted molar refractivity (Wildman–Crippen MR) is 113 cm³/mol. The molecule has 0 aliphatic carbocycles. The van der Waals surface area contributed by atoms with E-state index >= 15 is 0 Å². The van der Waals surface area contributed by atoms with Gasteiger partial charge in [0.05, 0.1) is 11.5 Å². The Morgan fingerprint density at radius 2 is 2.10 bits per heavy atom. The lowest BCUT2D eigenvalue weighted by Gasteiger charge is -2.04. The second kappa shape index (κ2) is 8.59. The maximum absolute atomic E-state index is 10.9. The summed E-state index contributed by atoms with van der Waals surface area (Å²) in [5.74, 6) is 0.656. The summed E-state index contributed by atoms with van der Waals surface area (Å²) in [7, 11) is 0. The molecule has 10 nitrogen and oxygen atoms in total. The summed E-state index contributed by atoms with van der Waals surface area (Å²) >= 11 is 7.60. The molecule has 0 amide bonds. The lowest BCUT2D eigenvalue weighted by Crippen LogP contribution is -2.05. The quantitative estimate of drug-likeness (QED) is 0.324. The van der Waals surface area contributed by atoms with Gasteiger partial charge in [0, 0.05) is 30.3 Å². The van der Waals surface area contributed by atoms with Gasteiger partial charge in [0.25, 0.3) is 0 Å². The zero-order valence-corrected chi connectivity index (χ0v) is 17.5. The molecule has 0 radical (unpaired) electrons. The number of aryl methyl sites for hydroxylation is 2. The van der Waals surface area contributed by atoms with E-state index in [1.54, 1.807) is 16.3 Å². The monoisotopic (exact) mass is 444 g/mol. The van der Waals surface area contributed by atoms with Gasteiger partial charge in [-0.15, -0.1) is 10.2 Å². The maximum Gasteiger partial charge on any atom is 0.309 e. The smallest absolute Gasteiger partial charge is 0.309 e. The lowest BCUT2D eigenvalue weighted by atomic mass is 10.2. The third-order valence-electron chi connectivity index (χ3n) is 4.44. The first kappa shape index (κ1) is 20.0. The number of halogens is 1. The van der Waals surface area contributed by atoms with Crippen molar-refractivity contribution in [2.24, 2.45) is 0 Å². The van der Waals surface area contributed by atoms with Gasteiger partial charge in [-0.3, -0.25) is 19.5 Å². The van der Waals surface area contributed by atoms with Crippen molar-refractivity contribution in [3.8, 4) is 0 Å². The second-order valence-electron chi connectivity index (χ2n) is 6.46. The van der Waals surface area contributed by atoms with E-state index in [1.807, 2.05) is 36.5 Å². The van der Waals surface area contributed by atoms with Crippen LogP contribution in [0.2, 0.25) is 5.02 Å². The summed E-state index contributed by atoms with van der Waals surface area (Å²) in [6.07, 6.45) is 3.70. The molecule has 4 rings (SSSR count). The van der Waals surface area contributed by atoms with Gasteiger partial charge in [0.2, 0.25) is 5.13 Å². The van der Waals surface area contributed by atoms with Crippen molar-refractivity contribution in [3.05, 3.63) is 74.1 Å². The average Bonchev–Trinajstić information content (AvgIpc) is 3.43. The molecule has 0 aliphatic heterocycles. The first-order valence-electron chi connectivity index (χ1n) is 9.02. The van der Waals surface area contributed by atoms with E-state index in [-0.39, 0.29) is 5.69 Å². The van der Waals surface area contributed by atoms with Crippen LogP contribution in [-0.4, -0.2) is 34.7 Å². The van der Waals surface area contributed by atoms with Crippen LogP contribution in [0.5, 0.6) is 0 Å². The summed E-state index contributed by atoms with van der Waals surface area (Å²) in [4.78, 5) is 10.5. The van der Waals surface area contributed by atoms with Gasteiger partial charge in [-0.05, 0) is 18.6 Å². The van der Waals surface area contributed by atoms with Crippen molar-refractivity contribution in [1.82, 2.24) is 29.8 Å². The average molecular weight is 445 g/mol. The van der Waals surface area contributed by atoms with Crippen molar-refractivity contribution < 1.29 is 4.92 Å². The summed E-state index contributed by atoms with van der Waals surface area (Å²) in [5.41, 5.74) is 1.52. The zero-order valence-electron chi connectivity index (χ0n) is 15.9. The molecule has 30 heavy (non-hydrogen) atoms. The Hall–Kier alpha value is -3.31. The van der Waals surface area contributed by atoms with Gasteiger partial charge < -0.3 is 5.32 Å². The van der Waals surface area contributed by atoms with E-state index in [2.05, 4.69) is 25.7 Å². The summed E-state index contributed by atoms with van der Waals surface area (Å²) in [5, 5.41) is 33.0. The van der Waals surface area contributed by atoms with E-state index in [1.165, 1.54) is 17.5 Å². The fraction of sp³-hybridized carbons (Fsp3) is 0.222. The van der Waals surface area contributed by atoms with Gasteiger partial charge in [-0.25, -0.2) is 0 Å². The van der Waals surface area contributed by atoms with Crippen LogP contribution < -0.4 is 5.32 Å². The van der Waals surface area contributed by atoms with E-state index in [0.29, 0.717) is 41.2 Å². The van der Waals surface area contributed by atoms with Gasteiger partial charge in [0.1, 0.15) is 16.9 Å². The number of nitrogens with zero attached hydrogens (tertiary/aromatic N) is 7. The van der Waals surface area contributed by atoms with Crippen molar-refractivity contribution >= 4 is 39.6 Å². The molecule has 0 aliphatic rings. The molecule has 1 aromatic carbocycles. The molecule has 0 saturated carbocycles. The molecular formula is C18H17ClN8O2S. The number of anilines is 2. The van der Waals surface area contributed by atoms with Crippen molar-refractivity contribution in [3.63, 3.8) is 0 Å². The van der Waals surface area contributed by atoms with E-state index in [4.69, 9.17) is 11.6 Å². The first-order valence-corrected chi connectivity index (χ1v) is 10.2. The van der Waals surface area contributed by atoms with Crippen LogP contribution in [0, 0.1) is 17.0 Å². The molecule has 0 bridgehead atoms. The SMILES string of the molecule is Cc1c([N+](=O)[O-])cnn1CCc1nnc(Nc2ccn(Cc3ccccc3Cl)n2)s1. The molecule has 3 heterocycles. The number of hydrogen-bond donors (Lipinski definition) is 1. The molecule has 0 atom stereocenters. The largest absolute Gasteiger partial charge is 0.313 e. The Morgan fingerprint density at radius 3 is 2.87 bits per heavy atom. The van der Waals surface area contributed by atoms with Crippen LogP contribution in [0.25, 0.3) is 0 Å². The van der Waals surface area contributed by atoms with Gasteiger partial charge >= 0.3 is 5.69 Å². The number of nitrogens with one attached hydrogen (secondary N) is 1. The number of hydrogen-bond acceptors (Lipinski definition) is 8. The van der Waals surface area contributed by atoms with Crippen LogP contribution in [0.4, 0.5) is 16.6 Å². The molecule has 0 unspecified atom stereocenters. The maximum atomic E-state index is 10.9. The van der Waals surface area contributed by atoms with Crippen molar-refractivity contribution in [1.29, 1.82) is 0 Å². The highest BCUT2D eigenvalue weighted by atomic mass is 35.5. The number of nitro groups is 1. The molecular weight excluding hydrogens is 428 g/mol. The second-order valence-corrected chi connectivity index (χ2v) is 7.93. The van der Waals surface area contributed by atoms with Gasteiger partial charge in [-0.2, -0.15) is 10.2 Å². The Balaban J connectivity index is 1.35. The summed E-state index contributed by atoms with van der Waals surface area (Å²) < 4.78 is 3.39. The molecule has 0 saturated heterocycles. The van der Waals surface area contributed by atoms with Crippen molar-refractivity contribution in [2.45, 2.75) is 26.4 Å². The topological polar surface area (TPSA) is 117 Å². The Morgan fingerprint density at radius 1 is 1.27 bits per heavy atom. The predicted octanol–water partition coefficient (Wildman–Crippen LogP) is 3.84. The highest BCUT2D eigenvalue weighted by Gasteiger charge is 2.16. The van der Waals surface area contributed by atoms with E-state index < -0.39 is 4.92 Å². The normalized spacial score (nSPS) is 11.0. The first-order chi connectivity index (χ1) is 14.5. The third-order valence-corrected chi connectivity index (χ3v) is 5.71. The Bertz CT molecular complexity index is 1180. The van der Waals surface area contributed by atoms with Crippen molar-refractivity contribution in [2.75, 3.05) is 5.32 Å². The fourth-order valence-corrected chi connectivity index (χ4v) is 3.81.